The van der Waals surface area contributed by atoms with Gasteiger partial charge in [-0.25, -0.2) is 15.0 Å². The highest BCUT2D eigenvalue weighted by molar-refractivity contribution is 6.32. The van der Waals surface area contributed by atoms with Crippen LogP contribution in [0, 0.1) is 0 Å². The van der Waals surface area contributed by atoms with Crippen molar-refractivity contribution >= 4 is 34.1 Å². The van der Waals surface area contributed by atoms with Crippen molar-refractivity contribution in [1.29, 1.82) is 0 Å². The van der Waals surface area contributed by atoms with Gasteiger partial charge in [-0.2, -0.15) is 0 Å². The lowest BCUT2D eigenvalue weighted by Crippen LogP contribution is -2.13. The molecule has 1 N–H and O–H groups in total. The molecule has 140 valence electrons. The number of halogens is 1. The summed E-state index contributed by atoms with van der Waals surface area (Å²) in [6.45, 7) is 6.41. The zero-order chi connectivity index (χ0) is 19.7. The molecule has 0 saturated heterocycles. The Morgan fingerprint density at radius 1 is 0.929 bits per heavy atom. The summed E-state index contributed by atoms with van der Waals surface area (Å²) in [5.74, 6) is 0.668. The molecule has 0 aliphatic carbocycles. The third kappa shape index (κ3) is 3.64. The smallest absolute Gasteiger partial charge is 0.165 e. The van der Waals surface area contributed by atoms with Crippen LogP contribution in [-0.2, 0) is 5.41 Å². The number of hydrogen-bond acceptors (Lipinski definition) is 6. The van der Waals surface area contributed by atoms with Gasteiger partial charge in [0, 0.05) is 17.3 Å². The monoisotopic (exact) mass is 390 g/mol. The van der Waals surface area contributed by atoms with E-state index in [-0.39, 0.29) is 5.41 Å². The van der Waals surface area contributed by atoms with E-state index in [0.717, 1.165) is 16.8 Å². The van der Waals surface area contributed by atoms with Crippen molar-refractivity contribution in [3.05, 3.63) is 65.8 Å². The van der Waals surface area contributed by atoms with Crippen molar-refractivity contribution in [2.75, 3.05) is 5.32 Å². The maximum absolute atomic E-state index is 6.24. The quantitative estimate of drug-likeness (QED) is 0.519. The van der Waals surface area contributed by atoms with Crippen LogP contribution in [0.1, 0.15) is 26.5 Å². The Kier molecular flexibility index (Phi) is 4.65. The Bertz CT molecular complexity index is 1140. The summed E-state index contributed by atoms with van der Waals surface area (Å²) in [6.07, 6.45) is 4.98. The van der Waals surface area contributed by atoms with Gasteiger partial charge >= 0.3 is 0 Å². The predicted octanol–water partition coefficient (Wildman–Crippen LogP) is 5.18. The minimum Gasteiger partial charge on any atom is -0.338 e. The number of pyridine rings is 3. The molecule has 28 heavy (non-hydrogen) atoms. The molecule has 6 nitrogen and oxygen atoms in total. The summed E-state index contributed by atoms with van der Waals surface area (Å²) in [4.78, 5) is 22.1. The van der Waals surface area contributed by atoms with Crippen molar-refractivity contribution < 1.29 is 0 Å². The molecule has 4 aromatic rings. The van der Waals surface area contributed by atoms with Crippen molar-refractivity contribution in [3.63, 3.8) is 0 Å². The predicted molar refractivity (Wildman–Crippen MR) is 112 cm³/mol. The van der Waals surface area contributed by atoms with Gasteiger partial charge in [0.05, 0.1) is 28.0 Å². The fourth-order valence-electron chi connectivity index (χ4n) is 2.80. The zero-order valence-corrected chi connectivity index (χ0v) is 16.6. The van der Waals surface area contributed by atoms with E-state index in [1.807, 2.05) is 30.5 Å². The summed E-state index contributed by atoms with van der Waals surface area (Å²) >= 11 is 6.24. The standard InChI is InChI=1S/C21H19ClN6/c1-21(2,3)17-9-6-13(11-24-17)27-19-14-7-8-16(28-20(14)26-12-25-19)18-15(22)5-4-10-23-18/h4-12H,1-3H3,(H,25,26,27,28). The van der Waals surface area contributed by atoms with Crippen molar-refractivity contribution in [2.45, 2.75) is 26.2 Å². The van der Waals surface area contributed by atoms with Gasteiger partial charge in [0.1, 0.15) is 17.8 Å². The van der Waals surface area contributed by atoms with Gasteiger partial charge in [-0.05, 0) is 36.4 Å². The molecule has 7 heteroatoms. The molecule has 0 atom stereocenters. The summed E-state index contributed by atoms with van der Waals surface area (Å²) < 4.78 is 0. The zero-order valence-electron chi connectivity index (χ0n) is 15.8. The van der Waals surface area contributed by atoms with E-state index >= 15 is 0 Å². The molecule has 0 unspecified atom stereocenters. The highest BCUT2D eigenvalue weighted by Crippen LogP contribution is 2.28. The number of anilines is 2. The average molecular weight is 391 g/mol. The van der Waals surface area contributed by atoms with Crippen molar-refractivity contribution in [3.8, 4) is 11.4 Å². The Labute approximate surface area is 168 Å². The van der Waals surface area contributed by atoms with Gasteiger partial charge in [0.2, 0.25) is 0 Å². The van der Waals surface area contributed by atoms with Crippen LogP contribution < -0.4 is 5.32 Å². The molecule has 0 aliphatic heterocycles. The second-order valence-electron chi connectivity index (χ2n) is 7.43. The molecular formula is C21H19ClN6. The largest absolute Gasteiger partial charge is 0.338 e. The topological polar surface area (TPSA) is 76.5 Å². The molecule has 4 rings (SSSR count). The Balaban J connectivity index is 1.68. The molecule has 0 fully saturated rings. The average Bonchev–Trinajstić information content (AvgIpc) is 2.68. The number of rotatable bonds is 3. The summed E-state index contributed by atoms with van der Waals surface area (Å²) in [7, 11) is 0. The third-order valence-electron chi connectivity index (χ3n) is 4.29. The Hall–Kier alpha value is -3.12. The lowest BCUT2D eigenvalue weighted by Gasteiger charge is -2.17. The highest BCUT2D eigenvalue weighted by atomic mass is 35.5. The molecule has 0 amide bonds. The normalized spacial score (nSPS) is 11.6. The van der Waals surface area contributed by atoms with E-state index in [4.69, 9.17) is 11.6 Å². The summed E-state index contributed by atoms with van der Waals surface area (Å²) in [6, 6.07) is 11.4. The first-order valence-electron chi connectivity index (χ1n) is 8.88. The number of nitrogens with one attached hydrogen (secondary N) is 1. The third-order valence-corrected chi connectivity index (χ3v) is 4.60. The van der Waals surface area contributed by atoms with Crippen LogP contribution in [0.4, 0.5) is 11.5 Å². The fraction of sp³-hybridized carbons (Fsp3) is 0.190. The number of fused-ring (bicyclic) bond motifs is 1. The molecule has 0 bridgehead atoms. The molecule has 0 saturated carbocycles. The number of aromatic nitrogens is 5. The maximum atomic E-state index is 6.24. The van der Waals surface area contributed by atoms with Crippen LogP contribution in [0.25, 0.3) is 22.4 Å². The van der Waals surface area contributed by atoms with Crippen molar-refractivity contribution in [1.82, 2.24) is 24.9 Å². The van der Waals surface area contributed by atoms with Gasteiger partial charge in [-0.1, -0.05) is 32.4 Å². The Morgan fingerprint density at radius 2 is 1.79 bits per heavy atom. The van der Waals surface area contributed by atoms with E-state index in [1.54, 1.807) is 18.3 Å². The van der Waals surface area contributed by atoms with Gasteiger partial charge in [0.15, 0.2) is 5.65 Å². The fourth-order valence-corrected chi connectivity index (χ4v) is 3.01. The first-order valence-corrected chi connectivity index (χ1v) is 9.26. The van der Waals surface area contributed by atoms with Gasteiger partial charge in [0.25, 0.3) is 0 Å². The first-order chi connectivity index (χ1) is 13.4. The lowest BCUT2D eigenvalue weighted by atomic mass is 9.92. The van der Waals surface area contributed by atoms with Crippen LogP contribution in [0.3, 0.4) is 0 Å². The maximum Gasteiger partial charge on any atom is 0.165 e. The van der Waals surface area contributed by atoms with Gasteiger partial charge < -0.3 is 5.32 Å². The van der Waals surface area contributed by atoms with Crippen LogP contribution in [0.15, 0.2) is 55.1 Å². The second kappa shape index (κ2) is 7.13. The van der Waals surface area contributed by atoms with E-state index in [2.05, 4.69) is 51.0 Å². The SMILES string of the molecule is CC(C)(C)c1ccc(Nc2ncnc3nc(-c4ncccc4Cl)ccc23)cn1. The van der Waals surface area contributed by atoms with Crippen molar-refractivity contribution in [2.24, 2.45) is 0 Å². The molecular weight excluding hydrogens is 372 g/mol. The molecule has 0 aliphatic rings. The van der Waals surface area contributed by atoms with Crippen LogP contribution in [0.2, 0.25) is 5.02 Å². The molecule has 0 aromatic carbocycles. The Morgan fingerprint density at radius 3 is 2.50 bits per heavy atom. The minimum atomic E-state index is 0.00716. The van der Waals surface area contributed by atoms with Crippen LogP contribution >= 0.6 is 11.6 Å². The van der Waals surface area contributed by atoms with E-state index in [1.165, 1.54) is 6.33 Å². The van der Waals surface area contributed by atoms with Crippen LogP contribution in [-0.4, -0.2) is 24.9 Å². The van der Waals surface area contributed by atoms with E-state index in [0.29, 0.717) is 27.9 Å². The second-order valence-corrected chi connectivity index (χ2v) is 7.84. The van der Waals surface area contributed by atoms with Gasteiger partial charge in [-0.15, -0.1) is 0 Å². The van der Waals surface area contributed by atoms with Gasteiger partial charge in [-0.3, -0.25) is 9.97 Å². The minimum absolute atomic E-state index is 0.00716. The summed E-state index contributed by atoms with van der Waals surface area (Å²) in [5.41, 5.74) is 3.75. The summed E-state index contributed by atoms with van der Waals surface area (Å²) in [5, 5.41) is 4.65. The molecule has 0 radical (unpaired) electrons. The van der Waals surface area contributed by atoms with E-state index in [9.17, 15) is 0 Å². The number of nitrogens with zero attached hydrogens (tertiary/aromatic N) is 5. The van der Waals surface area contributed by atoms with Crippen LogP contribution in [0.5, 0.6) is 0 Å². The molecule has 4 aromatic heterocycles. The van der Waals surface area contributed by atoms with E-state index < -0.39 is 0 Å². The first kappa shape index (κ1) is 18.3. The number of hydrogen-bond donors (Lipinski definition) is 1. The molecule has 0 spiro atoms. The molecule has 4 heterocycles. The lowest BCUT2D eigenvalue weighted by molar-refractivity contribution is 0.569. The highest BCUT2D eigenvalue weighted by Gasteiger charge is 2.15.